The molecule has 6 heteroatoms. The molecule has 0 aromatic carbocycles. The molecule has 0 saturated carbocycles. The Labute approximate surface area is 171 Å². The lowest BCUT2D eigenvalue weighted by Crippen LogP contribution is -2.65. The maximum absolute atomic E-state index is 13.4. The SMILES string of the molecule is CO[C@@H]1CCN(C2CN(C(C)CCC(C)(C)N3CC(N4CC[C@H](F)C4)C3)C2)C1. The molecule has 1 unspecified atom stereocenters. The number of ether oxygens (including phenoxy) is 1. The van der Waals surface area contributed by atoms with Crippen LogP contribution >= 0.6 is 0 Å². The van der Waals surface area contributed by atoms with Gasteiger partial charge in [0.05, 0.1) is 6.10 Å². The van der Waals surface area contributed by atoms with Crippen LogP contribution in [0.5, 0.6) is 0 Å². The first-order valence-electron chi connectivity index (χ1n) is 11.5. The zero-order chi connectivity index (χ0) is 19.9. The molecular weight excluding hydrogens is 355 g/mol. The van der Waals surface area contributed by atoms with Crippen molar-refractivity contribution in [1.82, 2.24) is 19.6 Å². The van der Waals surface area contributed by atoms with E-state index in [1.54, 1.807) is 0 Å². The third-order valence-corrected chi connectivity index (χ3v) is 8.11. The molecule has 4 fully saturated rings. The molecule has 0 aromatic rings. The normalized spacial score (nSPS) is 33.3. The largest absolute Gasteiger partial charge is 0.380 e. The molecule has 4 aliphatic heterocycles. The first kappa shape index (κ1) is 21.0. The van der Waals surface area contributed by atoms with Gasteiger partial charge in [0.2, 0.25) is 0 Å². The molecule has 0 aromatic heterocycles. The Hall–Kier alpha value is -0.270. The number of methoxy groups -OCH3 is 1. The average Bonchev–Trinajstić information content (AvgIpc) is 3.19. The number of hydrogen-bond acceptors (Lipinski definition) is 5. The van der Waals surface area contributed by atoms with E-state index in [4.69, 9.17) is 4.74 Å². The van der Waals surface area contributed by atoms with E-state index in [9.17, 15) is 4.39 Å². The molecule has 162 valence electrons. The Balaban J connectivity index is 1.14. The second-order valence-corrected chi connectivity index (χ2v) is 10.4. The highest BCUT2D eigenvalue weighted by Crippen LogP contribution is 2.32. The summed E-state index contributed by atoms with van der Waals surface area (Å²) in [4.78, 5) is 10.3. The first-order valence-corrected chi connectivity index (χ1v) is 11.5. The molecule has 0 radical (unpaired) electrons. The van der Waals surface area contributed by atoms with Crippen LogP contribution in [0.2, 0.25) is 0 Å². The number of nitrogens with zero attached hydrogens (tertiary/aromatic N) is 4. The van der Waals surface area contributed by atoms with E-state index < -0.39 is 6.17 Å². The minimum absolute atomic E-state index is 0.254. The standard InChI is InChI=1S/C22H41FN4O/c1-17(26-12-19(13-26)25-10-7-21(16-25)28-4)5-8-22(2,3)27-14-20(15-27)24-9-6-18(23)11-24/h17-21H,5-16H2,1-4H3/t17?,18-,21+/m0/s1. The van der Waals surface area contributed by atoms with Crippen LogP contribution in [0, 0.1) is 0 Å². The predicted octanol–water partition coefficient (Wildman–Crippen LogP) is 2.07. The summed E-state index contributed by atoms with van der Waals surface area (Å²) in [7, 11) is 1.84. The molecule has 4 heterocycles. The summed E-state index contributed by atoms with van der Waals surface area (Å²) in [6, 6.07) is 2.00. The van der Waals surface area contributed by atoms with E-state index in [0.717, 1.165) is 38.6 Å². The van der Waals surface area contributed by atoms with Crippen molar-refractivity contribution in [2.24, 2.45) is 0 Å². The molecule has 28 heavy (non-hydrogen) atoms. The van der Waals surface area contributed by atoms with Gasteiger partial charge in [-0.3, -0.25) is 19.6 Å². The molecule has 0 aliphatic carbocycles. The molecular formula is C22H41FN4O. The Morgan fingerprint density at radius 1 is 0.964 bits per heavy atom. The van der Waals surface area contributed by atoms with Crippen molar-refractivity contribution >= 4 is 0 Å². The van der Waals surface area contributed by atoms with Gasteiger partial charge < -0.3 is 4.74 Å². The minimum Gasteiger partial charge on any atom is -0.380 e. The van der Waals surface area contributed by atoms with Gasteiger partial charge in [-0.1, -0.05) is 0 Å². The summed E-state index contributed by atoms with van der Waals surface area (Å²) in [5, 5.41) is 0. The van der Waals surface area contributed by atoms with Crippen LogP contribution in [0.25, 0.3) is 0 Å². The highest BCUT2D eigenvalue weighted by molar-refractivity contribution is 4.99. The van der Waals surface area contributed by atoms with Crippen molar-refractivity contribution in [2.45, 2.75) is 82.4 Å². The average molecular weight is 397 g/mol. The van der Waals surface area contributed by atoms with Crippen molar-refractivity contribution in [3.63, 3.8) is 0 Å². The smallest absolute Gasteiger partial charge is 0.114 e. The number of hydrogen-bond donors (Lipinski definition) is 0. The van der Waals surface area contributed by atoms with Gasteiger partial charge in [-0.15, -0.1) is 0 Å². The Morgan fingerprint density at radius 2 is 1.61 bits per heavy atom. The lowest BCUT2D eigenvalue weighted by atomic mass is 9.88. The van der Waals surface area contributed by atoms with Crippen molar-refractivity contribution < 1.29 is 9.13 Å². The van der Waals surface area contributed by atoms with Gasteiger partial charge in [-0.25, -0.2) is 4.39 Å². The van der Waals surface area contributed by atoms with E-state index in [1.165, 1.54) is 38.9 Å². The van der Waals surface area contributed by atoms with E-state index >= 15 is 0 Å². The lowest BCUT2D eigenvalue weighted by Gasteiger charge is -2.53. The summed E-state index contributed by atoms with van der Waals surface area (Å²) in [6.45, 7) is 15.8. The minimum atomic E-state index is -0.593. The van der Waals surface area contributed by atoms with Crippen molar-refractivity contribution in [1.29, 1.82) is 0 Å². The zero-order valence-corrected chi connectivity index (χ0v) is 18.4. The zero-order valence-electron chi connectivity index (χ0n) is 18.4. The molecule has 0 N–H and O–H groups in total. The summed E-state index contributed by atoms with van der Waals surface area (Å²) in [6.07, 6.45) is 4.28. The molecule has 5 nitrogen and oxygen atoms in total. The van der Waals surface area contributed by atoms with Gasteiger partial charge in [0, 0.05) is 83.1 Å². The van der Waals surface area contributed by atoms with E-state index in [-0.39, 0.29) is 5.54 Å². The molecule has 4 saturated heterocycles. The van der Waals surface area contributed by atoms with Crippen LogP contribution in [0.1, 0.15) is 46.5 Å². The highest BCUT2D eigenvalue weighted by atomic mass is 19.1. The van der Waals surface area contributed by atoms with Gasteiger partial charge in [0.1, 0.15) is 6.17 Å². The second-order valence-electron chi connectivity index (χ2n) is 10.4. The van der Waals surface area contributed by atoms with Gasteiger partial charge in [0.15, 0.2) is 0 Å². The quantitative estimate of drug-likeness (QED) is 0.625. The Morgan fingerprint density at radius 3 is 2.21 bits per heavy atom. The number of rotatable bonds is 8. The van der Waals surface area contributed by atoms with Crippen LogP contribution in [0.3, 0.4) is 0 Å². The van der Waals surface area contributed by atoms with Crippen LogP contribution in [-0.2, 0) is 4.74 Å². The maximum Gasteiger partial charge on any atom is 0.114 e. The molecule has 4 aliphatic rings. The van der Waals surface area contributed by atoms with Crippen LogP contribution < -0.4 is 0 Å². The molecule has 0 amide bonds. The van der Waals surface area contributed by atoms with Crippen LogP contribution in [0.15, 0.2) is 0 Å². The third-order valence-electron chi connectivity index (χ3n) is 8.11. The van der Waals surface area contributed by atoms with Crippen molar-refractivity contribution in [3.05, 3.63) is 0 Å². The number of likely N-dealkylation sites (tertiary alicyclic amines) is 4. The fourth-order valence-electron chi connectivity index (χ4n) is 5.51. The van der Waals surface area contributed by atoms with E-state index in [1.807, 2.05) is 7.11 Å². The monoisotopic (exact) mass is 396 g/mol. The maximum atomic E-state index is 13.4. The summed E-state index contributed by atoms with van der Waals surface area (Å²) in [5.41, 5.74) is 0.254. The van der Waals surface area contributed by atoms with Gasteiger partial charge in [-0.05, 0) is 46.5 Å². The summed E-state index contributed by atoms with van der Waals surface area (Å²) < 4.78 is 19.0. The van der Waals surface area contributed by atoms with Crippen molar-refractivity contribution in [2.75, 3.05) is 59.5 Å². The lowest BCUT2D eigenvalue weighted by molar-refractivity contribution is -0.0348. The molecule has 4 rings (SSSR count). The third kappa shape index (κ3) is 4.41. The Bertz CT molecular complexity index is 521. The van der Waals surface area contributed by atoms with Crippen molar-refractivity contribution in [3.8, 4) is 0 Å². The number of alkyl halides is 1. The summed E-state index contributed by atoms with van der Waals surface area (Å²) in [5.74, 6) is 0. The fraction of sp³-hybridized carbons (Fsp3) is 1.00. The molecule has 0 spiro atoms. The Kier molecular flexibility index (Phi) is 6.34. The van der Waals surface area contributed by atoms with Gasteiger partial charge in [-0.2, -0.15) is 0 Å². The summed E-state index contributed by atoms with van der Waals surface area (Å²) >= 11 is 0. The molecule has 3 atom stereocenters. The fourth-order valence-corrected chi connectivity index (χ4v) is 5.51. The van der Waals surface area contributed by atoms with Gasteiger partial charge >= 0.3 is 0 Å². The second kappa shape index (κ2) is 8.46. The highest BCUT2D eigenvalue weighted by Gasteiger charge is 2.42. The predicted molar refractivity (Wildman–Crippen MR) is 112 cm³/mol. The first-order chi connectivity index (χ1) is 13.4. The van der Waals surface area contributed by atoms with Crippen LogP contribution in [0.4, 0.5) is 4.39 Å². The molecule has 0 bridgehead atoms. The topological polar surface area (TPSA) is 22.2 Å². The van der Waals surface area contributed by atoms with Crippen LogP contribution in [-0.4, -0.2) is 115 Å². The van der Waals surface area contributed by atoms with Gasteiger partial charge in [0.25, 0.3) is 0 Å². The van der Waals surface area contributed by atoms with E-state index in [0.29, 0.717) is 24.7 Å². The number of halogens is 1. The van der Waals surface area contributed by atoms with E-state index in [2.05, 4.69) is 40.4 Å².